The molecule has 32 heavy (non-hydrogen) atoms. The molecule has 0 bridgehead atoms. The predicted molar refractivity (Wildman–Crippen MR) is 113 cm³/mol. The van der Waals surface area contributed by atoms with Crippen LogP contribution >= 0.6 is 0 Å². The largest absolute Gasteiger partial charge is 0.492 e. The molecule has 1 N–H and O–H groups in total. The van der Waals surface area contributed by atoms with Crippen molar-refractivity contribution >= 4 is 17.3 Å². The fourth-order valence-corrected chi connectivity index (χ4v) is 3.69. The molecule has 1 heterocycles. The third kappa shape index (κ3) is 5.89. The molecule has 172 valence electrons. The lowest BCUT2D eigenvalue weighted by atomic mass is 9.95. The molecule has 3 rings (SSSR count). The number of carbonyl (C=O) groups is 1. The van der Waals surface area contributed by atoms with Crippen molar-refractivity contribution in [3.05, 3.63) is 63.7 Å². The third-order valence-corrected chi connectivity index (χ3v) is 5.37. The van der Waals surface area contributed by atoms with Crippen molar-refractivity contribution in [3.8, 4) is 5.75 Å². The lowest BCUT2D eigenvalue weighted by Gasteiger charge is -2.32. The zero-order valence-electron chi connectivity index (χ0n) is 17.5. The summed E-state index contributed by atoms with van der Waals surface area (Å²) in [6.45, 7) is 3.30. The molecular weight excluding hydrogens is 427 g/mol. The topological polar surface area (TPSA) is 84.7 Å². The Bertz CT molecular complexity index is 973. The van der Waals surface area contributed by atoms with Crippen LogP contribution in [-0.4, -0.2) is 37.1 Å². The lowest BCUT2D eigenvalue weighted by Crippen LogP contribution is -2.41. The minimum atomic E-state index is -4.66. The lowest BCUT2D eigenvalue weighted by molar-refractivity contribution is -0.384. The highest BCUT2D eigenvalue weighted by Crippen LogP contribution is 2.37. The van der Waals surface area contributed by atoms with Gasteiger partial charge in [0.25, 0.3) is 5.69 Å². The molecule has 1 saturated heterocycles. The van der Waals surface area contributed by atoms with Gasteiger partial charge < -0.3 is 15.0 Å². The minimum Gasteiger partial charge on any atom is -0.492 e. The number of nitro benzene ring substituents is 1. The number of amides is 1. The second-order valence-corrected chi connectivity index (χ2v) is 7.68. The number of hydrogen-bond acceptors (Lipinski definition) is 5. The van der Waals surface area contributed by atoms with Crippen LogP contribution in [0.25, 0.3) is 0 Å². The van der Waals surface area contributed by atoms with E-state index in [1.54, 1.807) is 4.90 Å². The number of aryl methyl sites for hydroxylation is 1. The van der Waals surface area contributed by atoms with E-state index in [-0.39, 0.29) is 17.5 Å². The number of nitrogens with zero attached hydrogens (tertiary/aromatic N) is 2. The van der Waals surface area contributed by atoms with Gasteiger partial charge in [0, 0.05) is 25.1 Å². The van der Waals surface area contributed by atoms with Gasteiger partial charge in [-0.15, -0.1) is 0 Å². The van der Waals surface area contributed by atoms with Crippen LogP contribution in [0.5, 0.6) is 5.75 Å². The van der Waals surface area contributed by atoms with E-state index in [0.717, 1.165) is 23.4 Å². The van der Waals surface area contributed by atoms with E-state index in [9.17, 15) is 28.1 Å². The van der Waals surface area contributed by atoms with E-state index in [1.807, 2.05) is 31.2 Å². The summed E-state index contributed by atoms with van der Waals surface area (Å²) in [6.07, 6.45) is -3.76. The van der Waals surface area contributed by atoms with E-state index < -0.39 is 22.4 Å². The molecular formula is C22H24F3N3O4. The first kappa shape index (κ1) is 23.4. The SMILES string of the molecule is Cc1cccc(OCCNC(=O)C2CCN(c3ccc(C(F)(F)F)cc3[N+](=O)[O-])CC2)c1. The zero-order chi connectivity index (χ0) is 23.3. The summed E-state index contributed by atoms with van der Waals surface area (Å²) >= 11 is 0. The molecule has 0 saturated carbocycles. The quantitative estimate of drug-likeness (QED) is 0.385. The summed E-state index contributed by atoms with van der Waals surface area (Å²) in [5.74, 6) is 0.337. The van der Waals surface area contributed by atoms with Crippen molar-refractivity contribution in [1.29, 1.82) is 0 Å². The van der Waals surface area contributed by atoms with E-state index in [2.05, 4.69) is 5.32 Å². The zero-order valence-corrected chi connectivity index (χ0v) is 17.5. The van der Waals surface area contributed by atoms with Crippen LogP contribution in [0.2, 0.25) is 0 Å². The molecule has 1 aliphatic heterocycles. The molecule has 1 fully saturated rings. The number of rotatable bonds is 7. The van der Waals surface area contributed by atoms with Crippen molar-refractivity contribution in [3.63, 3.8) is 0 Å². The molecule has 1 amide bonds. The number of alkyl halides is 3. The number of nitrogens with one attached hydrogen (secondary N) is 1. The fourth-order valence-electron chi connectivity index (χ4n) is 3.69. The van der Waals surface area contributed by atoms with Crippen molar-refractivity contribution < 1.29 is 27.6 Å². The maximum atomic E-state index is 12.9. The Balaban J connectivity index is 1.51. The smallest absolute Gasteiger partial charge is 0.416 e. The number of hydrogen-bond donors (Lipinski definition) is 1. The number of halogens is 3. The van der Waals surface area contributed by atoms with Crippen molar-refractivity contribution in [2.75, 3.05) is 31.1 Å². The van der Waals surface area contributed by atoms with E-state index in [4.69, 9.17) is 4.74 Å². The van der Waals surface area contributed by atoms with Gasteiger partial charge in [0.15, 0.2) is 0 Å². The van der Waals surface area contributed by atoms with Crippen LogP contribution in [0.15, 0.2) is 42.5 Å². The van der Waals surface area contributed by atoms with Crippen molar-refractivity contribution in [2.45, 2.75) is 25.9 Å². The summed E-state index contributed by atoms with van der Waals surface area (Å²) in [5, 5.41) is 14.1. The summed E-state index contributed by atoms with van der Waals surface area (Å²) in [5.41, 5.74) is -0.439. The number of ether oxygens (including phenoxy) is 1. The molecule has 0 aliphatic carbocycles. The van der Waals surface area contributed by atoms with Crippen molar-refractivity contribution in [1.82, 2.24) is 5.32 Å². The highest BCUT2D eigenvalue weighted by Gasteiger charge is 2.34. The Morgan fingerprint density at radius 3 is 2.56 bits per heavy atom. The van der Waals surface area contributed by atoms with Gasteiger partial charge in [-0.1, -0.05) is 12.1 Å². The maximum Gasteiger partial charge on any atom is 0.416 e. The molecule has 2 aromatic carbocycles. The number of benzene rings is 2. The molecule has 7 nitrogen and oxygen atoms in total. The standard InChI is InChI=1S/C22H24F3N3O4/c1-15-3-2-4-18(13-15)32-12-9-26-21(29)16-7-10-27(11-8-16)19-6-5-17(22(23,24)25)14-20(19)28(30)31/h2-6,13-14,16H,7-12H2,1H3,(H,26,29). The summed E-state index contributed by atoms with van der Waals surface area (Å²) in [4.78, 5) is 24.6. The molecule has 0 atom stereocenters. The second-order valence-electron chi connectivity index (χ2n) is 7.68. The van der Waals surface area contributed by atoms with Crippen molar-refractivity contribution in [2.24, 2.45) is 5.92 Å². The first-order valence-corrected chi connectivity index (χ1v) is 10.2. The Kier molecular flexibility index (Phi) is 7.22. The molecule has 0 radical (unpaired) electrons. The second kappa shape index (κ2) is 9.88. The van der Waals surface area contributed by atoms with Crippen LogP contribution in [0.1, 0.15) is 24.0 Å². The first-order valence-electron chi connectivity index (χ1n) is 10.2. The monoisotopic (exact) mass is 451 g/mol. The predicted octanol–water partition coefficient (Wildman–Crippen LogP) is 4.33. The molecule has 0 aromatic heterocycles. The summed E-state index contributed by atoms with van der Waals surface area (Å²) < 4.78 is 44.3. The molecule has 10 heteroatoms. The number of carbonyl (C=O) groups excluding carboxylic acids is 1. The van der Waals surface area contributed by atoms with Gasteiger partial charge in [-0.3, -0.25) is 14.9 Å². The average molecular weight is 451 g/mol. The van der Waals surface area contributed by atoms with Gasteiger partial charge in [0.05, 0.1) is 17.0 Å². The number of nitro groups is 1. The highest BCUT2D eigenvalue weighted by molar-refractivity contribution is 5.79. The van der Waals surface area contributed by atoms with E-state index in [0.29, 0.717) is 45.1 Å². The Morgan fingerprint density at radius 1 is 1.22 bits per heavy atom. The van der Waals surface area contributed by atoms with Crippen LogP contribution in [0.3, 0.4) is 0 Å². The maximum absolute atomic E-state index is 12.9. The average Bonchev–Trinajstić information content (AvgIpc) is 2.75. The van der Waals surface area contributed by atoms with Gasteiger partial charge in [0.1, 0.15) is 18.0 Å². The van der Waals surface area contributed by atoms with Gasteiger partial charge in [-0.05, 0) is 49.6 Å². The van der Waals surface area contributed by atoms with Crippen LogP contribution in [0, 0.1) is 23.0 Å². The summed E-state index contributed by atoms with van der Waals surface area (Å²) in [6, 6.07) is 10.1. The van der Waals surface area contributed by atoms with Gasteiger partial charge in [-0.2, -0.15) is 13.2 Å². The van der Waals surface area contributed by atoms with Crippen LogP contribution in [-0.2, 0) is 11.0 Å². The van der Waals surface area contributed by atoms with Crippen LogP contribution < -0.4 is 15.0 Å². The Morgan fingerprint density at radius 2 is 1.94 bits per heavy atom. The summed E-state index contributed by atoms with van der Waals surface area (Å²) in [7, 11) is 0. The fraction of sp³-hybridized carbons (Fsp3) is 0.409. The molecule has 0 spiro atoms. The normalized spacial score (nSPS) is 14.8. The Labute approximate surface area is 183 Å². The van der Waals surface area contributed by atoms with Gasteiger partial charge >= 0.3 is 6.18 Å². The third-order valence-electron chi connectivity index (χ3n) is 5.37. The van der Waals surface area contributed by atoms with Gasteiger partial charge in [-0.25, -0.2) is 0 Å². The molecule has 2 aromatic rings. The minimum absolute atomic E-state index is 0.126. The van der Waals surface area contributed by atoms with Gasteiger partial charge in [0.2, 0.25) is 5.91 Å². The number of anilines is 1. The van der Waals surface area contributed by atoms with Crippen LogP contribution in [0.4, 0.5) is 24.5 Å². The number of piperidine rings is 1. The first-order chi connectivity index (χ1) is 15.1. The molecule has 1 aliphatic rings. The molecule has 0 unspecified atom stereocenters. The Hall–Kier alpha value is -3.30. The van der Waals surface area contributed by atoms with E-state index >= 15 is 0 Å². The van der Waals surface area contributed by atoms with E-state index in [1.165, 1.54) is 0 Å². The highest BCUT2D eigenvalue weighted by atomic mass is 19.4.